The maximum absolute atomic E-state index is 6.02. The molecule has 1 aliphatic carbocycles. The summed E-state index contributed by atoms with van der Waals surface area (Å²) in [6, 6.07) is 1.91. The molecule has 88 valence electrons. The minimum atomic E-state index is 0.355. The van der Waals surface area contributed by atoms with Crippen LogP contribution in [0.3, 0.4) is 0 Å². The second-order valence-corrected chi connectivity index (χ2v) is 4.90. The Bertz CT molecular complexity index is 342. The van der Waals surface area contributed by atoms with E-state index < -0.39 is 0 Å². The number of rotatable bonds is 3. The summed E-state index contributed by atoms with van der Waals surface area (Å²) in [4.78, 5) is 4.06. The largest absolute Gasteiger partial charge is 0.490 e. The summed E-state index contributed by atoms with van der Waals surface area (Å²) in [5.74, 6) is 2.15. The van der Waals surface area contributed by atoms with Crippen molar-refractivity contribution in [1.82, 2.24) is 4.98 Å². The molecule has 1 aromatic rings. The van der Waals surface area contributed by atoms with Crippen molar-refractivity contribution in [2.24, 2.45) is 5.92 Å². The molecule has 2 rings (SSSR count). The van der Waals surface area contributed by atoms with Crippen LogP contribution in [0.5, 0.6) is 5.75 Å². The highest BCUT2D eigenvalue weighted by Gasteiger charge is 2.20. The molecule has 0 saturated heterocycles. The van der Waals surface area contributed by atoms with Gasteiger partial charge in [-0.15, -0.1) is 11.6 Å². The molecule has 1 saturated carbocycles. The van der Waals surface area contributed by atoms with Crippen molar-refractivity contribution < 1.29 is 4.74 Å². The highest BCUT2D eigenvalue weighted by atomic mass is 35.5. The van der Waals surface area contributed by atoms with E-state index in [2.05, 4.69) is 11.9 Å². The lowest BCUT2D eigenvalue weighted by atomic mass is 9.89. The number of aromatic nitrogens is 1. The predicted octanol–water partition coefficient (Wildman–Crippen LogP) is 3.78. The van der Waals surface area contributed by atoms with Crippen LogP contribution in [0.4, 0.5) is 0 Å². The number of halogens is 1. The van der Waals surface area contributed by atoms with Gasteiger partial charge in [0.05, 0.1) is 12.0 Å². The highest BCUT2D eigenvalue weighted by molar-refractivity contribution is 6.17. The van der Waals surface area contributed by atoms with E-state index in [0.717, 1.165) is 30.1 Å². The Labute approximate surface area is 102 Å². The molecule has 1 aromatic heterocycles. The average Bonchev–Trinajstić information content (AvgIpc) is 2.30. The fraction of sp³-hybridized carbons (Fsp3) is 0.615. The number of ether oxygens (including phenoxy) is 1. The van der Waals surface area contributed by atoms with E-state index in [-0.39, 0.29) is 0 Å². The molecule has 1 aliphatic rings. The molecule has 1 heterocycles. The molecule has 1 fully saturated rings. The molecule has 2 nitrogen and oxygen atoms in total. The zero-order chi connectivity index (χ0) is 11.4. The van der Waals surface area contributed by atoms with Crippen molar-refractivity contribution in [1.29, 1.82) is 0 Å². The van der Waals surface area contributed by atoms with E-state index in [1.165, 1.54) is 12.8 Å². The standard InChI is InChI=1S/C13H18ClNO/c1-10-3-2-4-12(7-10)16-13-5-6-15-9-11(13)8-14/h5-6,9-10,12H,2-4,7-8H2,1H3. The first-order chi connectivity index (χ1) is 7.79. The molecule has 0 aliphatic heterocycles. The summed E-state index contributed by atoms with van der Waals surface area (Å²) < 4.78 is 6.02. The van der Waals surface area contributed by atoms with Gasteiger partial charge in [0.2, 0.25) is 0 Å². The third-order valence-corrected chi connectivity index (χ3v) is 3.47. The summed E-state index contributed by atoms with van der Waals surface area (Å²) in [5, 5.41) is 0. The van der Waals surface area contributed by atoms with Crippen molar-refractivity contribution in [3.8, 4) is 5.75 Å². The van der Waals surface area contributed by atoms with Crippen molar-refractivity contribution in [3.63, 3.8) is 0 Å². The molecule has 0 spiro atoms. The van der Waals surface area contributed by atoms with Crippen molar-refractivity contribution in [2.75, 3.05) is 0 Å². The summed E-state index contributed by atoms with van der Waals surface area (Å²) in [5.41, 5.74) is 0.988. The second kappa shape index (κ2) is 5.53. The van der Waals surface area contributed by atoms with Crippen LogP contribution in [0.25, 0.3) is 0 Å². The maximum Gasteiger partial charge on any atom is 0.127 e. The quantitative estimate of drug-likeness (QED) is 0.749. The fourth-order valence-corrected chi connectivity index (χ4v) is 2.50. The number of hydrogen-bond donors (Lipinski definition) is 0. The number of alkyl halides is 1. The molecule has 2 unspecified atom stereocenters. The van der Waals surface area contributed by atoms with Gasteiger partial charge in [-0.1, -0.05) is 13.3 Å². The summed E-state index contributed by atoms with van der Waals surface area (Å²) in [7, 11) is 0. The molecular weight excluding hydrogens is 222 g/mol. The Kier molecular flexibility index (Phi) is 4.05. The lowest BCUT2D eigenvalue weighted by Crippen LogP contribution is -2.24. The minimum absolute atomic E-state index is 0.355. The second-order valence-electron chi connectivity index (χ2n) is 4.63. The summed E-state index contributed by atoms with van der Waals surface area (Å²) in [6.45, 7) is 2.30. The molecule has 2 atom stereocenters. The molecular formula is C13H18ClNO. The first-order valence-corrected chi connectivity index (χ1v) is 6.48. The van der Waals surface area contributed by atoms with E-state index in [4.69, 9.17) is 16.3 Å². The topological polar surface area (TPSA) is 22.1 Å². The van der Waals surface area contributed by atoms with Gasteiger partial charge in [0.25, 0.3) is 0 Å². The van der Waals surface area contributed by atoms with Gasteiger partial charge in [-0.25, -0.2) is 0 Å². The van der Waals surface area contributed by atoms with Crippen LogP contribution < -0.4 is 4.74 Å². The van der Waals surface area contributed by atoms with E-state index in [1.807, 2.05) is 6.07 Å². The Hall–Kier alpha value is -0.760. The Morgan fingerprint density at radius 2 is 2.38 bits per heavy atom. The van der Waals surface area contributed by atoms with Gasteiger partial charge in [-0.2, -0.15) is 0 Å². The van der Waals surface area contributed by atoms with Crippen LogP contribution in [0.1, 0.15) is 38.2 Å². The van der Waals surface area contributed by atoms with Crippen LogP contribution in [0.2, 0.25) is 0 Å². The van der Waals surface area contributed by atoms with E-state index in [0.29, 0.717) is 12.0 Å². The molecule has 0 bridgehead atoms. The van der Waals surface area contributed by atoms with Gasteiger partial charge in [-0.3, -0.25) is 4.98 Å². The summed E-state index contributed by atoms with van der Waals surface area (Å²) in [6.07, 6.45) is 8.82. The monoisotopic (exact) mass is 239 g/mol. The van der Waals surface area contributed by atoms with Gasteiger partial charge in [0.1, 0.15) is 5.75 Å². The fourth-order valence-electron chi connectivity index (χ4n) is 2.29. The van der Waals surface area contributed by atoms with Crippen molar-refractivity contribution in [2.45, 2.75) is 44.6 Å². The first kappa shape index (κ1) is 11.7. The van der Waals surface area contributed by atoms with Gasteiger partial charge >= 0.3 is 0 Å². The van der Waals surface area contributed by atoms with Crippen molar-refractivity contribution in [3.05, 3.63) is 24.0 Å². The number of pyridine rings is 1. The van der Waals surface area contributed by atoms with Crippen LogP contribution in [0, 0.1) is 5.92 Å². The van der Waals surface area contributed by atoms with Gasteiger partial charge in [0, 0.05) is 18.0 Å². The van der Waals surface area contributed by atoms with E-state index >= 15 is 0 Å². The SMILES string of the molecule is CC1CCCC(Oc2ccncc2CCl)C1. The lowest BCUT2D eigenvalue weighted by molar-refractivity contribution is 0.128. The third kappa shape index (κ3) is 2.88. The Morgan fingerprint density at radius 1 is 1.50 bits per heavy atom. The van der Waals surface area contributed by atoms with Gasteiger partial charge in [-0.05, 0) is 31.2 Å². The number of nitrogens with zero attached hydrogens (tertiary/aromatic N) is 1. The van der Waals surface area contributed by atoms with Gasteiger partial charge < -0.3 is 4.74 Å². The lowest BCUT2D eigenvalue weighted by Gasteiger charge is -2.27. The third-order valence-electron chi connectivity index (χ3n) is 3.18. The van der Waals surface area contributed by atoms with Crippen molar-refractivity contribution >= 4 is 11.6 Å². The van der Waals surface area contributed by atoms with E-state index in [1.54, 1.807) is 12.4 Å². The average molecular weight is 240 g/mol. The molecule has 0 radical (unpaired) electrons. The van der Waals surface area contributed by atoms with Crippen LogP contribution in [-0.2, 0) is 5.88 Å². The normalized spacial score (nSPS) is 25.4. The molecule has 0 N–H and O–H groups in total. The zero-order valence-corrected chi connectivity index (χ0v) is 10.4. The molecule has 0 amide bonds. The predicted molar refractivity (Wildman–Crippen MR) is 65.8 cm³/mol. The Balaban J connectivity index is 2.02. The molecule has 3 heteroatoms. The highest BCUT2D eigenvalue weighted by Crippen LogP contribution is 2.29. The van der Waals surface area contributed by atoms with Crippen LogP contribution in [-0.4, -0.2) is 11.1 Å². The van der Waals surface area contributed by atoms with Crippen LogP contribution >= 0.6 is 11.6 Å². The molecule has 16 heavy (non-hydrogen) atoms. The molecule has 0 aromatic carbocycles. The maximum atomic E-state index is 6.02. The minimum Gasteiger partial charge on any atom is -0.490 e. The summed E-state index contributed by atoms with van der Waals surface area (Å²) >= 11 is 5.86. The number of hydrogen-bond acceptors (Lipinski definition) is 2. The van der Waals surface area contributed by atoms with Gasteiger partial charge in [0.15, 0.2) is 0 Å². The van der Waals surface area contributed by atoms with Crippen LogP contribution in [0.15, 0.2) is 18.5 Å². The zero-order valence-electron chi connectivity index (χ0n) is 9.66. The Morgan fingerprint density at radius 3 is 3.12 bits per heavy atom. The smallest absolute Gasteiger partial charge is 0.127 e. The first-order valence-electron chi connectivity index (χ1n) is 5.95. The van der Waals surface area contributed by atoms with E-state index in [9.17, 15) is 0 Å².